The molecule has 35 heavy (non-hydrogen) atoms. The number of nitro benzene ring substituents is 1. The standard InChI is InChI=1S/C25H27N3O6S/c1-16-6-9-23(34-5)24(13-16)35(32,33)27(21-11-17(2)10-18(3)12-21)15-25(29)26-22-14-20(28(30)31)8-7-19(22)4/h6-14H,15H2,1-5H3,(H,26,29). The summed E-state index contributed by atoms with van der Waals surface area (Å²) in [6.45, 7) is 6.57. The van der Waals surface area contributed by atoms with Crippen molar-refractivity contribution in [3.8, 4) is 5.75 Å². The number of nitro groups is 1. The number of methoxy groups -OCH3 is 1. The van der Waals surface area contributed by atoms with Gasteiger partial charge in [0.1, 0.15) is 17.2 Å². The number of benzene rings is 3. The number of hydrogen-bond donors (Lipinski definition) is 1. The molecule has 0 saturated heterocycles. The maximum Gasteiger partial charge on any atom is 0.271 e. The fourth-order valence-corrected chi connectivity index (χ4v) is 5.34. The van der Waals surface area contributed by atoms with E-state index in [-0.39, 0.29) is 22.0 Å². The Morgan fingerprint density at radius 2 is 1.63 bits per heavy atom. The summed E-state index contributed by atoms with van der Waals surface area (Å²) in [4.78, 5) is 23.6. The van der Waals surface area contributed by atoms with Gasteiger partial charge in [0.2, 0.25) is 5.91 Å². The van der Waals surface area contributed by atoms with E-state index < -0.39 is 27.4 Å². The fraction of sp³-hybridized carbons (Fsp3) is 0.240. The molecule has 0 aromatic heterocycles. The van der Waals surface area contributed by atoms with Gasteiger partial charge in [0.15, 0.2) is 0 Å². The Balaban J connectivity index is 2.07. The minimum Gasteiger partial charge on any atom is -0.495 e. The number of rotatable bonds is 8. The predicted molar refractivity (Wildman–Crippen MR) is 135 cm³/mol. The highest BCUT2D eigenvalue weighted by Crippen LogP contribution is 2.32. The molecule has 3 aromatic rings. The minimum atomic E-state index is -4.23. The average molecular weight is 498 g/mol. The van der Waals surface area contributed by atoms with Crippen LogP contribution in [-0.4, -0.2) is 32.9 Å². The number of aryl methyl sites for hydroxylation is 4. The van der Waals surface area contributed by atoms with E-state index in [1.165, 1.54) is 31.4 Å². The minimum absolute atomic E-state index is 0.0708. The van der Waals surface area contributed by atoms with Crippen molar-refractivity contribution in [2.45, 2.75) is 32.6 Å². The van der Waals surface area contributed by atoms with Crippen LogP contribution in [-0.2, 0) is 14.8 Å². The van der Waals surface area contributed by atoms with E-state index in [9.17, 15) is 23.3 Å². The Hall–Kier alpha value is -3.92. The van der Waals surface area contributed by atoms with Gasteiger partial charge in [-0.25, -0.2) is 8.42 Å². The number of nitrogens with zero attached hydrogens (tertiary/aromatic N) is 2. The van der Waals surface area contributed by atoms with E-state index in [1.807, 2.05) is 19.9 Å². The number of anilines is 2. The van der Waals surface area contributed by atoms with E-state index in [1.54, 1.807) is 38.1 Å². The summed E-state index contributed by atoms with van der Waals surface area (Å²) in [5.74, 6) is -0.497. The van der Waals surface area contributed by atoms with Crippen molar-refractivity contribution in [3.63, 3.8) is 0 Å². The average Bonchev–Trinajstić information content (AvgIpc) is 2.78. The van der Waals surface area contributed by atoms with Gasteiger partial charge < -0.3 is 10.1 Å². The molecule has 9 nitrogen and oxygen atoms in total. The number of non-ortho nitro benzene ring substituents is 1. The maximum absolute atomic E-state index is 13.9. The van der Waals surface area contributed by atoms with Crippen LogP contribution in [0.2, 0.25) is 0 Å². The summed E-state index contributed by atoms with van der Waals surface area (Å²) in [5.41, 5.74) is 3.32. The van der Waals surface area contributed by atoms with Crippen LogP contribution in [0.1, 0.15) is 22.3 Å². The van der Waals surface area contributed by atoms with Gasteiger partial charge in [-0.3, -0.25) is 19.2 Å². The number of nitrogens with one attached hydrogen (secondary N) is 1. The smallest absolute Gasteiger partial charge is 0.271 e. The zero-order valence-electron chi connectivity index (χ0n) is 20.2. The summed E-state index contributed by atoms with van der Waals surface area (Å²) >= 11 is 0. The Kier molecular flexibility index (Phi) is 7.45. The zero-order valence-corrected chi connectivity index (χ0v) is 21.0. The molecule has 0 radical (unpaired) electrons. The first kappa shape index (κ1) is 25.7. The third-order valence-corrected chi connectivity index (χ3v) is 7.17. The molecule has 0 aliphatic heterocycles. The predicted octanol–water partition coefficient (Wildman–Crippen LogP) is 4.67. The van der Waals surface area contributed by atoms with Crippen LogP contribution in [0, 0.1) is 37.8 Å². The van der Waals surface area contributed by atoms with E-state index in [0.29, 0.717) is 16.8 Å². The Morgan fingerprint density at radius 3 is 2.23 bits per heavy atom. The quantitative estimate of drug-likeness (QED) is 0.357. The van der Waals surface area contributed by atoms with E-state index in [0.717, 1.165) is 15.4 Å². The van der Waals surface area contributed by atoms with Crippen LogP contribution in [0.4, 0.5) is 17.1 Å². The topological polar surface area (TPSA) is 119 Å². The Bertz CT molecular complexity index is 1380. The summed E-state index contributed by atoms with van der Waals surface area (Å²) in [6.07, 6.45) is 0. The first-order valence-corrected chi connectivity index (χ1v) is 12.2. The van der Waals surface area contributed by atoms with Crippen LogP contribution < -0.4 is 14.4 Å². The number of sulfonamides is 1. The SMILES string of the molecule is COc1ccc(C)cc1S(=O)(=O)N(CC(=O)Nc1cc([N+](=O)[O-])ccc1C)c1cc(C)cc(C)c1. The molecule has 1 N–H and O–H groups in total. The third-order valence-electron chi connectivity index (χ3n) is 5.37. The summed E-state index contributed by atoms with van der Waals surface area (Å²) < 4.78 is 34.0. The largest absolute Gasteiger partial charge is 0.495 e. The molecule has 0 aliphatic rings. The Morgan fingerprint density at radius 1 is 0.971 bits per heavy atom. The first-order chi connectivity index (χ1) is 16.4. The first-order valence-electron chi connectivity index (χ1n) is 10.7. The number of ether oxygens (including phenoxy) is 1. The molecule has 0 saturated carbocycles. The lowest BCUT2D eigenvalue weighted by molar-refractivity contribution is -0.384. The van der Waals surface area contributed by atoms with E-state index in [4.69, 9.17) is 4.74 Å². The van der Waals surface area contributed by atoms with Crippen LogP contribution in [0.5, 0.6) is 5.75 Å². The second-order valence-electron chi connectivity index (χ2n) is 8.32. The second-order valence-corrected chi connectivity index (χ2v) is 10.1. The summed E-state index contributed by atoms with van der Waals surface area (Å²) in [6, 6.07) is 14.1. The van der Waals surface area contributed by atoms with Crippen molar-refractivity contribution in [2.24, 2.45) is 0 Å². The van der Waals surface area contributed by atoms with Crippen molar-refractivity contribution >= 4 is 33.0 Å². The highest BCUT2D eigenvalue weighted by atomic mass is 32.2. The summed E-state index contributed by atoms with van der Waals surface area (Å²) in [5, 5.41) is 13.8. The van der Waals surface area contributed by atoms with Crippen molar-refractivity contribution in [3.05, 3.63) is 87.0 Å². The molecule has 0 aliphatic carbocycles. The van der Waals surface area contributed by atoms with Gasteiger partial charge in [-0.15, -0.1) is 0 Å². The normalized spacial score (nSPS) is 11.1. The molecule has 0 fully saturated rings. The van der Waals surface area contributed by atoms with E-state index in [2.05, 4.69) is 5.32 Å². The van der Waals surface area contributed by atoms with Crippen molar-refractivity contribution < 1.29 is 22.9 Å². The highest BCUT2D eigenvalue weighted by Gasteiger charge is 2.30. The number of amides is 1. The van der Waals surface area contributed by atoms with Crippen LogP contribution in [0.15, 0.2) is 59.5 Å². The lowest BCUT2D eigenvalue weighted by atomic mass is 10.1. The lowest BCUT2D eigenvalue weighted by Crippen LogP contribution is -2.38. The van der Waals surface area contributed by atoms with Gasteiger partial charge in [0.25, 0.3) is 15.7 Å². The Labute approximate surface area is 204 Å². The monoisotopic (exact) mass is 497 g/mol. The number of hydrogen-bond acceptors (Lipinski definition) is 6. The van der Waals surface area contributed by atoms with Gasteiger partial charge in [-0.05, 0) is 74.2 Å². The third kappa shape index (κ3) is 5.78. The molecule has 3 rings (SSSR count). The van der Waals surface area contributed by atoms with Gasteiger partial charge in [0, 0.05) is 12.1 Å². The number of carbonyl (C=O) groups is 1. The zero-order chi connectivity index (χ0) is 25.9. The molecule has 1 amide bonds. The van der Waals surface area contributed by atoms with Gasteiger partial charge in [-0.1, -0.05) is 18.2 Å². The van der Waals surface area contributed by atoms with Gasteiger partial charge >= 0.3 is 0 Å². The van der Waals surface area contributed by atoms with Crippen LogP contribution in [0.3, 0.4) is 0 Å². The lowest BCUT2D eigenvalue weighted by Gasteiger charge is -2.26. The maximum atomic E-state index is 13.9. The molecule has 0 atom stereocenters. The molecular formula is C25H27N3O6S. The molecular weight excluding hydrogens is 470 g/mol. The highest BCUT2D eigenvalue weighted by molar-refractivity contribution is 7.93. The molecule has 0 spiro atoms. The number of carbonyl (C=O) groups excluding carboxylic acids is 1. The van der Waals surface area contributed by atoms with Gasteiger partial charge in [-0.2, -0.15) is 0 Å². The van der Waals surface area contributed by atoms with Crippen LogP contribution >= 0.6 is 0 Å². The fourth-order valence-electron chi connectivity index (χ4n) is 3.69. The van der Waals surface area contributed by atoms with Crippen molar-refractivity contribution in [2.75, 3.05) is 23.3 Å². The molecule has 3 aromatic carbocycles. The molecule has 0 heterocycles. The molecule has 10 heteroatoms. The van der Waals surface area contributed by atoms with Crippen molar-refractivity contribution in [1.82, 2.24) is 0 Å². The second kappa shape index (κ2) is 10.1. The molecule has 0 unspecified atom stereocenters. The summed E-state index contributed by atoms with van der Waals surface area (Å²) in [7, 11) is -2.86. The van der Waals surface area contributed by atoms with Crippen LogP contribution in [0.25, 0.3) is 0 Å². The van der Waals surface area contributed by atoms with E-state index >= 15 is 0 Å². The van der Waals surface area contributed by atoms with Gasteiger partial charge in [0.05, 0.1) is 23.4 Å². The van der Waals surface area contributed by atoms with Crippen molar-refractivity contribution in [1.29, 1.82) is 0 Å². The molecule has 0 bridgehead atoms. The molecule has 184 valence electrons.